The number of halogens is 1. The molecule has 1 saturated heterocycles. The molecule has 3 heterocycles. The summed E-state index contributed by atoms with van der Waals surface area (Å²) < 4.78 is 0. The molecule has 0 aliphatic carbocycles. The summed E-state index contributed by atoms with van der Waals surface area (Å²) in [6.45, 7) is 3.79. The SMILES string of the molecule is CCc1cc2c(N3CCC(C(=O)Nc4cccc(Cl)c4)CC3)ncnc2s1. The Kier molecular flexibility index (Phi) is 5.27. The molecule has 2 aromatic heterocycles. The van der Waals surface area contributed by atoms with Crippen molar-refractivity contribution in [1.29, 1.82) is 0 Å². The van der Waals surface area contributed by atoms with Gasteiger partial charge in [-0.1, -0.05) is 24.6 Å². The number of fused-ring (bicyclic) bond motifs is 1. The smallest absolute Gasteiger partial charge is 0.227 e. The number of anilines is 2. The van der Waals surface area contributed by atoms with Gasteiger partial charge in [0, 0.05) is 34.6 Å². The standard InChI is InChI=1S/C20H21ClN4OS/c1-2-16-11-17-18(22-12-23-20(17)27-16)25-8-6-13(7-9-25)19(26)24-15-5-3-4-14(21)10-15/h3-5,10-13H,2,6-9H2,1H3,(H,24,26). The zero-order chi connectivity index (χ0) is 18.8. The highest BCUT2D eigenvalue weighted by atomic mass is 35.5. The number of nitrogens with zero attached hydrogens (tertiary/aromatic N) is 3. The molecule has 7 heteroatoms. The molecule has 27 heavy (non-hydrogen) atoms. The van der Waals surface area contributed by atoms with Crippen LogP contribution in [0.2, 0.25) is 5.02 Å². The Bertz CT molecular complexity index is 966. The number of hydrogen-bond donors (Lipinski definition) is 1. The molecule has 3 aromatic rings. The molecule has 1 aromatic carbocycles. The maximum Gasteiger partial charge on any atom is 0.227 e. The summed E-state index contributed by atoms with van der Waals surface area (Å²) in [6, 6.07) is 9.47. The van der Waals surface area contributed by atoms with Gasteiger partial charge in [0.25, 0.3) is 0 Å². The number of nitrogens with one attached hydrogen (secondary N) is 1. The number of amides is 1. The molecular weight excluding hydrogens is 380 g/mol. The molecule has 5 nitrogen and oxygen atoms in total. The lowest BCUT2D eigenvalue weighted by molar-refractivity contribution is -0.120. The van der Waals surface area contributed by atoms with Crippen LogP contribution in [0.5, 0.6) is 0 Å². The van der Waals surface area contributed by atoms with Crippen LogP contribution in [-0.2, 0) is 11.2 Å². The van der Waals surface area contributed by atoms with E-state index in [4.69, 9.17) is 11.6 Å². The third-order valence-electron chi connectivity index (χ3n) is 4.97. The van der Waals surface area contributed by atoms with Crippen molar-refractivity contribution in [2.45, 2.75) is 26.2 Å². The van der Waals surface area contributed by atoms with Gasteiger partial charge in [0.2, 0.25) is 5.91 Å². The number of aromatic nitrogens is 2. The van der Waals surface area contributed by atoms with Crippen LogP contribution in [0.25, 0.3) is 10.2 Å². The molecule has 1 aliphatic rings. The lowest BCUT2D eigenvalue weighted by Crippen LogP contribution is -2.38. The first-order valence-corrected chi connectivity index (χ1v) is 10.4. The quantitative estimate of drug-likeness (QED) is 0.685. The molecule has 0 saturated carbocycles. The first kappa shape index (κ1) is 18.2. The van der Waals surface area contributed by atoms with Gasteiger partial charge in [-0.2, -0.15) is 0 Å². The average molecular weight is 401 g/mol. The number of carbonyl (C=O) groups is 1. The van der Waals surface area contributed by atoms with Gasteiger partial charge in [-0.05, 0) is 43.5 Å². The lowest BCUT2D eigenvalue weighted by Gasteiger charge is -2.32. The molecule has 140 valence electrons. The second-order valence-electron chi connectivity index (χ2n) is 6.74. The van der Waals surface area contributed by atoms with Crippen molar-refractivity contribution in [1.82, 2.24) is 9.97 Å². The summed E-state index contributed by atoms with van der Waals surface area (Å²) in [4.78, 5) is 26.2. The van der Waals surface area contributed by atoms with Crippen LogP contribution in [0.3, 0.4) is 0 Å². The number of hydrogen-bond acceptors (Lipinski definition) is 5. The fourth-order valence-corrected chi connectivity index (χ4v) is 4.60. The maximum absolute atomic E-state index is 12.6. The molecule has 0 spiro atoms. The maximum atomic E-state index is 12.6. The van der Waals surface area contributed by atoms with Gasteiger partial charge < -0.3 is 10.2 Å². The van der Waals surface area contributed by atoms with E-state index in [-0.39, 0.29) is 11.8 Å². The monoisotopic (exact) mass is 400 g/mol. The van der Waals surface area contributed by atoms with Gasteiger partial charge in [-0.3, -0.25) is 4.79 Å². The number of piperidine rings is 1. The van der Waals surface area contributed by atoms with Crippen LogP contribution < -0.4 is 10.2 Å². The van der Waals surface area contributed by atoms with E-state index in [1.54, 1.807) is 29.8 Å². The number of benzene rings is 1. The molecule has 0 bridgehead atoms. The Labute approximate surface area is 167 Å². The Balaban J connectivity index is 1.43. The number of thiophene rings is 1. The van der Waals surface area contributed by atoms with Crippen molar-refractivity contribution < 1.29 is 4.79 Å². The molecule has 0 unspecified atom stereocenters. The average Bonchev–Trinajstić information content (AvgIpc) is 3.11. The van der Waals surface area contributed by atoms with E-state index in [2.05, 4.69) is 33.2 Å². The topological polar surface area (TPSA) is 58.1 Å². The van der Waals surface area contributed by atoms with Gasteiger partial charge in [0.15, 0.2) is 0 Å². The molecule has 0 atom stereocenters. The largest absolute Gasteiger partial charge is 0.356 e. The van der Waals surface area contributed by atoms with E-state index in [1.807, 2.05) is 12.1 Å². The van der Waals surface area contributed by atoms with Crippen LogP contribution in [0.15, 0.2) is 36.7 Å². The number of aryl methyl sites for hydroxylation is 1. The van der Waals surface area contributed by atoms with E-state index in [0.29, 0.717) is 5.02 Å². The Morgan fingerprint density at radius 2 is 2.11 bits per heavy atom. The van der Waals surface area contributed by atoms with Gasteiger partial charge in [-0.15, -0.1) is 11.3 Å². The van der Waals surface area contributed by atoms with Gasteiger partial charge in [0.05, 0.1) is 5.39 Å². The minimum Gasteiger partial charge on any atom is -0.356 e. The Morgan fingerprint density at radius 1 is 1.30 bits per heavy atom. The minimum absolute atomic E-state index is 0.00578. The third-order valence-corrected chi connectivity index (χ3v) is 6.39. The zero-order valence-electron chi connectivity index (χ0n) is 15.1. The minimum atomic E-state index is 0.00578. The van der Waals surface area contributed by atoms with E-state index < -0.39 is 0 Å². The van der Waals surface area contributed by atoms with Crippen LogP contribution in [0.1, 0.15) is 24.6 Å². The van der Waals surface area contributed by atoms with Crippen LogP contribution >= 0.6 is 22.9 Å². The fourth-order valence-electron chi connectivity index (χ4n) is 3.48. The number of carbonyl (C=O) groups excluding carboxylic acids is 1. The van der Waals surface area contributed by atoms with Crippen molar-refractivity contribution in [2.24, 2.45) is 5.92 Å². The van der Waals surface area contributed by atoms with Crippen molar-refractivity contribution >= 4 is 50.6 Å². The predicted molar refractivity (Wildman–Crippen MR) is 112 cm³/mol. The first-order chi connectivity index (χ1) is 13.1. The summed E-state index contributed by atoms with van der Waals surface area (Å²) in [6.07, 6.45) is 4.27. The highest BCUT2D eigenvalue weighted by molar-refractivity contribution is 7.18. The second kappa shape index (κ2) is 7.82. The molecule has 1 amide bonds. The second-order valence-corrected chi connectivity index (χ2v) is 8.29. The molecular formula is C20H21ClN4OS. The molecule has 1 aliphatic heterocycles. The summed E-state index contributed by atoms with van der Waals surface area (Å²) in [7, 11) is 0. The summed E-state index contributed by atoms with van der Waals surface area (Å²) in [5.74, 6) is 1.06. The van der Waals surface area contributed by atoms with Crippen LogP contribution in [0, 0.1) is 5.92 Å². The highest BCUT2D eigenvalue weighted by Gasteiger charge is 2.27. The van der Waals surface area contributed by atoms with Gasteiger partial charge >= 0.3 is 0 Å². The van der Waals surface area contributed by atoms with E-state index in [9.17, 15) is 4.79 Å². The van der Waals surface area contributed by atoms with E-state index in [1.165, 1.54) is 4.88 Å². The van der Waals surface area contributed by atoms with E-state index in [0.717, 1.165) is 54.1 Å². The molecule has 1 N–H and O–H groups in total. The Hall–Kier alpha value is -2.18. The normalized spacial score (nSPS) is 15.3. The predicted octanol–water partition coefficient (Wildman–Crippen LogP) is 4.76. The van der Waals surface area contributed by atoms with Crippen molar-refractivity contribution in [3.8, 4) is 0 Å². The third kappa shape index (κ3) is 3.92. The zero-order valence-corrected chi connectivity index (χ0v) is 16.7. The lowest BCUT2D eigenvalue weighted by atomic mass is 9.95. The van der Waals surface area contributed by atoms with Crippen molar-refractivity contribution in [3.63, 3.8) is 0 Å². The van der Waals surface area contributed by atoms with Crippen molar-refractivity contribution in [3.05, 3.63) is 46.6 Å². The Morgan fingerprint density at radius 3 is 2.85 bits per heavy atom. The fraction of sp³-hybridized carbons (Fsp3) is 0.350. The first-order valence-electron chi connectivity index (χ1n) is 9.19. The number of rotatable bonds is 4. The van der Waals surface area contributed by atoms with Crippen LogP contribution in [0.4, 0.5) is 11.5 Å². The van der Waals surface area contributed by atoms with Gasteiger partial charge in [0.1, 0.15) is 17.0 Å². The summed E-state index contributed by atoms with van der Waals surface area (Å²) in [5, 5.41) is 4.73. The molecule has 0 radical (unpaired) electrons. The summed E-state index contributed by atoms with van der Waals surface area (Å²) in [5.41, 5.74) is 0.748. The molecule has 4 rings (SSSR count). The van der Waals surface area contributed by atoms with E-state index >= 15 is 0 Å². The molecule has 1 fully saturated rings. The van der Waals surface area contributed by atoms with Gasteiger partial charge in [-0.25, -0.2) is 9.97 Å². The highest BCUT2D eigenvalue weighted by Crippen LogP contribution is 2.32. The van der Waals surface area contributed by atoms with Crippen molar-refractivity contribution in [2.75, 3.05) is 23.3 Å². The summed E-state index contributed by atoms with van der Waals surface area (Å²) >= 11 is 7.72. The van der Waals surface area contributed by atoms with Crippen LogP contribution in [-0.4, -0.2) is 29.0 Å².